The molecule has 0 radical (unpaired) electrons. The van der Waals surface area contributed by atoms with E-state index in [1.165, 1.54) is 25.0 Å². The molecule has 0 spiro atoms. The molecule has 0 amide bonds. The molecule has 0 saturated heterocycles. The lowest BCUT2D eigenvalue weighted by atomic mass is 9.87. The lowest BCUT2D eigenvalue weighted by Crippen LogP contribution is -2.13. The van der Waals surface area contributed by atoms with E-state index in [0.29, 0.717) is 0 Å². The van der Waals surface area contributed by atoms with Crippen LogP contribution in [0.1, 0.15) is 19.3 Å². The van der Waals surface area contributed by atoms with Gasteiger partial charge in [0.2, 0.25) is 5.16 Å². The van der Waals surface area contributed by atoms with Gasteiger partial charge in [0.1, 0.15) is 0 Å². The number of thioether (sulfide) groups is 1. The van der Waals surface area contributed by atoms with Crippen molar-refractivity contribution in [1.29, 1.82) is 0 Å². The van der Waals surface area contributed by atoms with Crippen LogP contribution in [0.25, 0.3) is 0 Å². The van der Waals surface area contributed by atoms with Crippen molar-refractivity contribution in [2.75, 3.05) is 5.75 Å². The standard InChI is InChI=1S/C7H12N4S/c1-11-7(8-9-10-11)12-5-6-3-2-4-6/h6H,2-5H2,1H3. The summed E-state index contributed by atoms with van der Waals surface area (Å²) in [6.45, 7) is 0. The highest BCUT2D eigenvalue weighted by atomic mass is 32.2. The fourth-order valence-corrected chi connectivity index (χ4v) is 2.23. The maximum Gasteiger partial charge on any atom is 0.209 e. The molecule has 0 aromatic carbocycles. The Balaban J connectivity index is 1.82. The molecule has 1 fully saturated rings. The highest BCUT2D eigenvalue weighted by Crippen LogP contribution is 2.31. The van der Waals surface area contributed by atoms with Crippen LogP contribution >= 0.6 is 11.8 Å². The molecule has 1 heterocycles. The van der Waals surface area contributed by atoms with E-state index < -0.39 is 0 Å². The van der Waals surface area contributed by atoms with E-state index in [1.54, 1.807) is 16.4 Å². The minimum atomic E-state index is 0.909. The van der Waals surface area contributed by atoms with Crippen LogP contribution in [-0.2, 0) is 7.05 Å². The monoisotopic (exact) mass is 184 g/mol. The van der Waals surface area contributed by atoms with Gasteiger partial charge < -0.3 is 0 Å². The second kappa shape index (κ2) is 3.43. The van der Waals surface area contributed by atoms with Crippen LogP contribution in [0, 0.1) is 5.92 Å². The Kier molecular flexibility index (Phi) is 2.30. The average Bonchev–Trinajstić information content (AvgIpc) is 2.33. The number of hydrogen-bond acceptors (Lipinski definition) is 4. The highest BCUT2D eigenvalue weighted by molar-refractivity contribution is 7.99. The van der Waals surface area contributed by atoms with Gasteiger partial charge in [-0.1, -0.05) is 18.2 Å². The zero-order valence-electron chi connectivity index (χ0n) is 7.10. The number of nitrogens with zero attached hydrogens (tertiary/aromatic N) is 4. The molecule has 0 unspecified atom stereocenters. The van der Waals surface area contributed by atoms with Crippen LogP contribution in [-0.4, -0.2) is 26.0 Å². The van der Waals surface area contributed by atoms with E-state index in [9.17, 15) is 0 Å². The fourth-order valence-electron chi connectivity index (χ4n) is 1.20. The summed E-state index contributed by atoms with van der Waals surface area (Å²) in [7, 11) is 1.88. The van der Waals surface area contributed by atoms with E-state index in [0.717, 1.165) is 11.1 Å². The van der Waals surface area contributed by atoms with Crippen molar-refractivity contribution < 1.29 is 0 Å². The molecule has 1 aromatic heterocycles. The van der Waals surface area contributed by atoms with Crippen LogP contribution in [0.3, 0.4) is 0 Å². The van der Waals surface area contributed by atoms with E-state index in [-0.39, 0.29) is 0 Å². The molecule has 4 nitrogen and oxygen atoms in total. The Morgan fingerprint density at radius 3 is 2.92 bits per heavy atom. The normalized spacial score (nSPS) is 17.8. The van der Waals surface area contributed by atoms with Gasteiger partial charge in [-0.05, 0) is 29.2 Å². The number of hydrogen-bond donors (Lipinski definition) is 0. The molecule has 2 rings (SSSR count). The summed E-state index contributed by atoms with van der Waals surface area (Å²) < 4.78 is 1.73. The summed E-state index contributed by atoms with van der Waals surface area (Å²) in [6.07, 6.45) is 4.18. The van der Waals surface area contributed by atoms with E-state index >= 15 is 0 Å². The topological polar surface area (TPSA) is 43.6 Å². The summed E-state index contributed by atoms with van der Waals surface area (Å²) in [5.74, 6) is 2.08. The first-order valence-electron chi connectivity index (χ1n) is 4.21. The minimum Gasteiger partial charge on any atom is -0.224 e. The Hall–Kier alpha value is -0.580. The van der Waals surface area contributed by atoms with Crippen LogP contribution < -0.4 is 0 Å². The number of aryl methyl sites for hydroxylation is 1. The van der Waals surface area contributed by atoms with Crippen molar-refractivity contribution in [3.05, 3.63) is 0 Å². The van der Waals surface area contributed by atoms with Gasteiger partial charge in [-0.25, -0.2) is 4.68 Å². The molecule has 0 aliphatic heterocycles. The SMILES string of the molecule is Cn1nnnc1SCC1CCC1. The van der Waals surface area contributed by atoms with Crippen LogP contribution in [0.4, 0.5) is 0 Å². The smallest absolute Gasteiger partial charge is 0.209 e. The summed E-state index contributed by atoms with van der Waals surface area (Å²) in [5, 5.41) is 12.2. The molecule has 12 heavy (non-hydrogen) atoms. The molecule has 1 aliphatic carbocycles. The summed E-state index contributed by atoms with van der Waals surface area (Å²) >= 11 is 1.76. The third-order valence-corrected chi connectivity index (χ3v) is 3.50. The van der Waals surface area contributed by atoms with E-state index in [2.05, 4.69) is 15.5 Å². The lowest BCUT2D eigenvalue weighted by molar-refractivity contribution is 0.353. The number of aromatic nitrogens is 4. The fraction of sp³-hybridized carbons (Fsp3) is 0.857. The van der Waals surface area contributed by atoms with Gasteiger partial charge in [-0.2, -0.15) is 0 Å². The van der Waals surface area contributed by atoms with Crippen molar-refractivity contribution in [3.8, 4) is 0 Å². The van der Waals surface area contributed by atoms with Gasteiger partial charge in [0.25, 0.3) is 0 Å². The Morgan fingerprint density at radius 2 is 2.42 bits per heavy atom. The second-order valence-corrected chi connectivity index (χ2v) is 4.18. The van der Waals surface area contributed by atoms with Gasteiger partial charge in [-0.3, -0.25) is 0 Å². The summed E-state index contributed by atoms with van der Waals surface area (Å²) in [4.78, 5) is 0. The van der Waals surface area contributed by atoms with E-state index in [4.69, 9.17) is 0 Å². The molecule has 0 atom stereocenters. The van der Waals surface area contributed by atoms with Crippen molar-refractivity contribution in [2.45, 2.75) is 24.4 Å². The van der Waals surface area contributed by atoms with Gasteiger partial charge in [0.15, 0.2) is 0 Å². The quantitative estimate of drug-likeness (QED) is 0.660. The number of rotatable bonds is 3. The molecular weight excluding hydrogens is 172 g/mol. The van der Waals surface area contributed by atoms with Crippen molar-refractivity contribution in [2.24, 2.45) is 13.0 Å². The zero-order chi connectivity index (χ0) is 8.39. The molecule has 5 heteroatoms. The van der Waals surface area contributed by atoms with Gasteiger partial charge in [0.05, 0.1) is 0 Å². The highest BCUT2D eigenvalue weighted by Gasteiger charge is 2.18. The lowest BCUT2D eigenvalue weighted by Gasteiger charge is -2.24. The summed E-state index contributed by atoms with van der Waals surface area (Å²) in [5.41, 5.74) is 0. The largest absolute Gasteiger partial charge is 0.224 e. The Bertz CT molecular complexity index is 256. The molecule has 1 saturated carbocycles. The van der Waals surface area contributed by atoms with E-state index in [1.807, 2.05) is 7.05 Å². The maximum atomic E-state index is 3.91. The summed E-state index contributed by atoms with van der Waals surface area (Å²) in [6, 6.07) is 0. The van der Waals surface area contributed by atoms with Crippen LogP contribution in [0.5, 0.6) is 0 Å². The minimum absolute atomic E-state index is 0.909. The molecule has 1 aliphatic rings. The first kappa shape index (κ1) is 8.04. The molecule has 0 N–H and O–H groups in total. The van der Waals surface area contributed by atoms with Crippen molar-refractivity contribution in [1.82, 2.24) is 20.2 Å². The number of tetrazole rings is 1. The van der Waals surface area contributed by atoms with Crippen LogP contribution in [0.2, 0.25) is 0 Å². The third kappa shape index (κ3) is 1.60. The van der Waals surface area contributed by atoms with Gasteiger partial charge in [-0.15, -0.1) is 5.10 Å². The van der Waals surface area contributed by atoms with Crippen LogP contribution in [0.15, 0.2) is 5.16 Å². The zero-order valence-corrected chi connectivity index (χ0v) is 7.92. The third-order valence-electron chi connectivity index (χ3n) is 2.25. The molecular formula is C7H12N4S. The van der Waals surface area contributed by atoms with Gasteiger partial charge >= 0.3 is 0 Å². The Labute approximate surface area is 75.7 Å². The maximum absolute atomic E-state index is 3.91. The molecule has 1 aromatic rings. The first-order valence-corrected chi connectivity index (χ1v) is 5.20. The predicted octanol–water partition coefficient (Wildman–Crippen LogP) is 1.10. The van der Waals surface area contributed by atoms with Gasteiger partial charge in [0, 0.05) is 12.8 Å². The Morgan fingerprint density at radius 1 is 1.58 bits per heavy atom. The molecule has 0 bridgehead atoms. The second-order valence-electron chi connectivity index (χ2n) is 3.19. The average molecular weight is 184 g/mol. The van der Waals surface area contributed by atoms with Crippen molar-refractivity contribution in [3.63, 3.8) is 0 Å². The predicted molar refractivity (Wildman–Crippen MR) is 46.9 cm³/mol. The van der Waals surface area contributed by atoms with Crippen molar-refractivity contribution >= 4 is 11.8 Å². The first-order chi connectivity index (χ1) is 5.86. The molecule has 66 valence electrons.